The molecule has 1 aromatic heterocycles. The predicted molar refractivity (Wildman–Crippen MR) is 105 cm³/mol. The number of amides is 1. The number of aromatic nitrogens is 3. The summed E-state index contributed by atoms with van der Waals surface area (Å²) in [5.41, 5.74) is 1.26. The van der Waals surface area contributed by atoms with Gasteiger partial charge in [0.2, 0.25) is 5.91 Å². The molecule has 0 bridgehead atoms. The Morgan fingerprint density at radius 3 is 2.72 bits per heavy atom. The van der Waals surface area contributed by atoms with E-state index in [2.05, 4.69) is 15.6 Å². The van der Waals surface area contributed by atoms with Gasteiger partial charge >= 0.3 is 5.97 Å². The average molecular weight is 404 g/mol. The third-order valence-corrected chi connectivity index (χ3v) is 4.47. The van der Waals surface area contributed by atoms with Gasteiger partial charge in [-0.25, -0.2) is 4.79 Å². The predicted octanol–water partition coefficient (Wildman–Crippen LogP) is 1.71. The van der Waals surface area contributed by atoms with E-state index in [0.717, 1.165) is 31.5 Å². The van der Waals surface area contributed by atoms with Crippen LogP contribution in [0, 0.1) is 0 Å². The molecule has 0 aliphatic rings. The molecule has 1 aromatic carbocycles. The second-order valence-corrected chi connectivity index (χ2v) is 6.69. The van der Waals surface area contributed by atoms with Crippen LogP contribution in [0.3, 0.4) is 0 Å². The van der Waals surface area contributed by atoms with Crippen molar-refractivity contribution in [3.63, 3.8) is 0 Å². The highest BCUT2D eigenvalue weighted by Gasteiger charge is 2.24. The number of hydrogen-bond acceptors (Lipinski definition) is 6. The molecule has 2 rings (SSSR count). The van der Waals surface area contributed by atoms with Crippen LogP contribution in [0.5, 0.6) is 5.75 Å². The normalized spacial score (nSPS) is 11.8. The molecule has 9 nitrogen and oxygen atoms in total. The maximum atomic E-state index is 12.2. The van der Waals surface area contributed by atoms with Gasteiger partial charge in [-0.1, -0.05) is 23.4 Å². The minimum atomic E-state index is -1.16. The van der Waals surface area contributed by atoms with E-state index in [-0.39, 0.29) is 18.9 Å². The third-order valence-electron chi connectivity index (χ3n) is 4.47. The number of benzene rings is 1. The number of unbranched alkanes of at least 4 members (excludes halogenated alkanes) is 2. The van der Waals surface area contributed by atoms with Gasteiger partial charge in [0.15, 0.2) is 6.04 Å². The van der Waals surface area contributed by atoms with Gasteiger partial charge in [0.25, 0.3) is 0 Å². The van der Waals surface area contributed by atoms with E-state index in [9.17, 15) is 14.7 Å². The first-order chi connectivity index (χ1) is 14.0. The summed E-state index contributed by atoms with van der Waals surface area (Å²) in [6, 6.07) is 5.58. The Hall–Kier alpha value is -2.94. The molecule has 1 atom stereocenters. The second kappa shape index (κ2) is 11.8. The van der Waals surface area contributed by atoms with E-state index in [1.54, 1.807) is 28.9 Å². The van der Waals surface area contributed by atoms with Crippen LogP contribution in [-0.2, 0) is 22.6 Å². The van der Waals surface area contributed by atoms with Crippen molar-refractivity contribution in [3.8, 4) is 5.75 Å². The standard InChI is InChI=1S/C20H28N4O5/c1-29-17-10-4-3-9-16(17)19(20(27)28)21-18(26)11-5-2-8-15-14-24(23-22-15)12-6-7-13-25/h3-4,9-10,14,19,25H,2,5-8,11-13H2,1H3,(H,21,26)(H,27,28). The number of ether oxygens (including phenoxy) is 1. The lowest BCUT2D eigenvalue weighted by molar-refractivity contribution is -0.142. The Balaban J connectivity index is 1.77. The molecule has 0 aliphatic heterocycles. The number of aryl methyl sites for hydroxylation is 2. The summed E-state index contributed by atoms with van der Waals surface area (Å²) in [6.07, 6.45) is 5.73. The molecule has 0 saturated carbocycles. The highest BCUT2D eigenvalue weighted by molar-refractivity contribution is 5.85. The Morgan fingerprint density at radius 1 is 1.21 bits per heavy atom. The van der Waals surface area contributed by atoms with E-state index in [1.165, 1.54) is 7.11 Å². The average Bonchev–Trinajstić information content (AvgIpc) is 3.17. The molecule has 2 aromatic rings. The number of carbonyl (C=O) groups is 2. The molecule has 0 radical (unpaired) electrons. The monoisotopic (exact) mass is 404 g/mol. The molecule has 29 heavy (non-hydrogen) atoms. The maximum Gasteiger partial charge on any atom is 0.331 e. The van der Waals surface area contributed by atoms with E-state index in [0.29, 0.717) is 24.2 Å². The molecule has 1 unspecified atom stereocenters. The van der Waals surface area contributed by atoms with Crippen LogP contribution in [0.2, 0.25) is 0 Å². The Labute approximate surface area is 169 Å². The first-order valence-corrected chi connectivity index (χ1v) is 9.70. The second-order valence-electron chi connectivity index (χ2n) is 6.69. The van der Waals surface area contributed by atoms with Crippen LogP contribution in [0.1, 0.15) is 49.4 Å². The number of carboxylic acid groups (broad SMARTS) is 1. The molecule has 1 heterocycles. The van der Waals surface area contributed by atoms with E-state index in [4.69, 9.17) is 9.84 Å². The van der Waals surface area contributed by atoms with E-state index >= 15 is 0 Å². The maximum absolute atomic E-state index is 12.2. The molecule has 1 amide bonds. The topological polar surface area (TPSA) is 127 Å². The van der Waals surface area contributed by atoms with Crippen molar-refractivity contribution in [2.45, 2.75) is 51.1 Å². The van der Waals surface area contributed by atoms with Crippen molar-refractivity contribution in [2.24, 2.45) is 0 Å². The zero-order valence-corrected chi connectivity index (χ0v) is 16.6. The number of nitrogens with zero attached hydrogens (tertiary/aromatic N) is 3. The van der Waals surface area contributed by atoms with Gasteiger partial charge in [0.1, 0.15) is 5.75 Å². The summed E-state index contributed by atoms with van der Waals surface area (Å²) in [4.78, 5) is 23.8. The molecule has 0 aliphatic carbocycles. The number of methoxy groups -OCH3 is 1. The molecular weight excluding hydrogens is 376 g/mol. The molecular formula is C20H28N4O5. The molecule has 9 heteroatoms. The van der Waals surface area contributed by atoms with Gasteiger partial charge in [0, 0.05) is 31.3 Å². The largest absolute Gasteiger partial charge is 0.496 e. The van der Waals surface area contributed by atoms with Crippen LogP contribution < -0.4 is 10.1 Å². The number of nitrogens with one attached hydrogen (secondary N) is 1. The van der Waals surface area contributed by atoms with Gasteiger partial charge in [-0.2, -0.15) is 0 Å². The fourth-order valence-electron chi connectivity index (χ4n) is 2.95. The summed E-state index contributed by atoms with van der Waals surface area (Å²) in [6.45, 7) is 0.888. The number of para-hydroxylation sites is 1. The summed E-state index contributed by atoms with van der Waals surface area (Å²) >= 11 is 0. The SMILES string of the molecule is COc1ccccc1C(NC(=O)CCCCc1cn(CCCCO)nn1)C(=O)O. The fourth-order valence-corrected chi connectivity index (χ4v) is 2.95. The van der Waals surface area contributed by atoms with Gasteiger partial charge in [-0.3, -0.25) is 9.48 Å². The molecule has 0 spiro atoms. The lowest BCUT2D eigenvalue weighted by atomic mass is 10.1. The number of hydrogen-bond donors (Lipinski definition) is 3. The third kappa shape index (κ3) is 7.19. The fraction of sp³-hybridized carbons (Fsp3) is 0.500. The van der Waals surface area contributed by atoms with Crippen LogP contribution in [-0.4, -0.2) is 50.8 Å². The van der Waals surface area contributed by atoms with Crippen molar-refractivity contribution < 1.29 is 24.5 Å². The number of carboxylic acids is 1. The Bertz CT molecular complexity index is 793. The van der Waals surface area contributed by atoms with Gasteiger partial charge in [-0.05, 0) is 38.2 Å². The number of aliphatic carboxylic acids is 1. The zero-order chi connectivity index (χ0) is 21.1. The van der Waals surface area contributed by atoms with Crippen molar-refractivity contribution >= 4 is 11.9 Å². The zero-order valence-electron chi connectivity index (χ0n) is 16.6. The first kappa shape index (κ1) is 22.4. The number of aliphatic hydroxyl groups excluding tert-OH is 1. The summed E-state index contributed by atoms with van der Waals surface area (Å²) < 4.78 is 6.95. The molecule has 0 fully saturated rings. The van der Waals surface area contributed by atoms with Gasteiger partial charge in [0.05, 0.1) is 12.8 Å². The summed E-state index contributed by atoms with van der Waals surface area (Å²) in [7, 11) is 1.46. The van der Waals surface area contributed by atoms with Crippen molar-refractivity contribution in [3.05, 3.63) is 41.7 Å². The minimum absolute atomic E-state index is 0.170. The van der Waals surface area contributed by atoms with Crippen LogP contribution >= 0.6 is 0 Å². The lowest BCUT2D eigenvalue weighted by Crippen LogP contribution is -2.33. The summed E-state index contributed by atoms with van der Waals surface area (Å²) in [5, 5.41) is 29.0. The van der Waals surface area contributed by atoms with Crippen molar-refractivity contribution in [1.82, 2.24) is 20.3 Å². The Morgan fingerprint density at radius 2 is 2.00 bits per heavy atom. The molecule has 3 N–H and O–H groups in total. The van der Waals surface area contributed by atoms with Crippen molar-refractivity contribution in [1.29, 1.82) is 0 Å². The number of aliphatic hydroxyl groups is 1. The van der Waals surface area contributed by atoms with Crippen LogP contribution in [0.4, 0.5) is 0 Å². The Kier molecular flexibility index (Phi) is 9.10. The summed E-state index contributed by atoms with van der Waals surface area (Å²) in [5.74, 6) is -1.04. The van der Waals surface area contributed by atoms with Gasteiger partial charge < -0.3 is 20.3 Å². The van der Waals surface area contributed by atoms with Crippen LogP contribution in [0.15, 0.2) is 30.5 Å². The minimum Gasteiger partial charge on any atom is -0.496 e. The van der Waals surface area contributed by atoms with Crippen molar-refractivity contribution in [2.75, 3.05) is 13.7 Å². The van der Waals surface area contributed by atoms with E-state index in [1.807, 2.05) is 6.20 Å². The molecule has 0 saturated heterocycles. The highest BCUT2D eigenvalue weighted by atomic mass is 16.5. The smallest absolute Gasteiger partial charge is 0.331 e. The lowest BCUT2D eigenvalue weighted by Gasteiger charge is -2.17. The number of rotatable bonds is 13. The van der Waals surface area contributed by atoms with Crippen LogP contribution in [0.25, 0.3) is 0 Å². The quantitative estimate of drug-likeness (QED) is 0.434. The molecule has 158 valence electrons. The van der Waals surface area contributed by atoms with E-state index < -0.39 is 12.0 Å². The van der Waals surface area contributed by atoms with Gasteiger partial charge in [-0.15, -0.1) is 5.10 Å². The first-order valence-electron chi connectivity index (χ1n) is 9.70. The number of carbonyl (C=O) groups excluding carboxylic acids is 1. The highest BCUT2D eigenvalue weighted by Crippen LogP contribution is 2.25.